The zero-order valence-corrected chi connectivity index (χ0v) is 11.5. The number of hydrogen-bond donors (Lipinski definition) is 2. The summed E-state index contributed by atoms with van der Waals surface area (Å²) in [5, 5.41) is 3.01. The third-order valence-electron chi connectivity index (χ3n) is 2.97. The first-order chi connectivity index (χ1) is 8.06. The second kappa shape index (κ2) is 5.29. The van der Waals surface area contributed by atoms with Gasteiger partial charge in [0.15, 0.2) is 3.95 Å². The van der Waals surface area contributed by atoms with Gasteiger partial charge in [0.05, 0.1) is 18.6 Å². The molecule has 2 rings (SSSR count). The van der Waals surface area contributed by atoms with E-state index in [1.54, 1.807) is 0 Å². The molecule has 17 heavy (non-hydrogen) atoms. The number of carbonyl (C=O) groups is 1. The van der Waals surface area contributed by atoms with Crippen LogP contribution in [0.15, 0.2) is 0 Å². The van der Waals surface area contributed by atoms with Gasteiger partial charge in [0.2, 0.25) is 5.91 Å². The molecule has 0 saturated carbocycles. The Kier molecular flexibility index (Phi) is 3.96. The highest BCUT2D eigenvalue weighted by Crippen LogP contribution is 2.16. The molecule has 0 spiro atoms. The van der Waals surface area contributed by atoms with Crippen LogP contribution in [0.1, 0.15) is 23.9 Å². The number of H-pyrrole nitrogens is 1. The Morgan fingerprint density at radius 2 is 2.47 bits per heavy atom. The standard InChI is InChI=1S/C11H16N2O2S2/c1-6-9(17-11(16)12-6)5-10(14)13-8-3-4-15-7(8)2/h7-8H,3-5H2,1-2H3,(H,12,16)(H,13,14). The second-order valence-corrected chi connectivity index (χ2v) is 6.05. The van der Waals surface area contributed by atoms with E-state index in [2.05, 4.69) is 10.3 Å². The Morgan fingerprint density at radius 1 is 1.71 bits per heavy atom. The van der Waals surface area contributed by atoms with Crippen LogP contribution in [0.2, 0.25) is 0 Å². The smallest absolute Gasteiger partial charge is 0.225 e. The molecule has 94 valence electrons. The Morgan fingerprint density at radius 3 is 3.00 bits per heavy atom. The van der Waals surface area contributed by atoms with E-state index in [4.69, 9.17) is 17.0 Å². The van der Waals surface area contributed by atoms with Gasteiger partial charge in [-0.2, -0.15) is 0 Å². The lowest BCUT2D eigenvalue weighted by atomic mass is 10.1. The minimum Gasteiger partial charge on any atom is -0.376 e. The summed E-state index contributed by atoms with van der Waals surface area (Å²) < 4.78 is 6.13. The molecule has 2 N–H and O–H groups in total. The van der Waals surface area contributed by atoms with E-state index in [0.29, 0.717) is 6.42 Å². The Bertz CT molecular complexity index is 466. The van der Waals surface area contributed by atoms with Crippen LogP contribution in [-0.2, 0) is 16.0 Å². The molecule has 1 fully saturated rings. The molecule has 1 aromatic rings. The number of aromatic nitrogens is 1. The molecule has 4 nitrogen and oxygen atoms in total. The van der Waals surface area contributed by atoms with Gasteiger partial charge in [0, 0.05) is 17.2 Å². The lowest BCUT2D eigenvalue weighted by molar-refractivity contribution is -0.121. The van der Waals surface area contributed by atoms with E-state index in [0.717, 1.165) is 27.6 Å². The van der Waals surface area contributed by atoms with Crippen molar-refractivity contribution < 1.29 is 9.53 Å². The van der Waals surface area contributed by atoms with Crippen molar-refractivity contribution in [3.63, 3.8) is 0 Å². The molecule has 6 heteroatoms. The average Bonchev–Trinajstić information content (AvgIpc) is 2.75. The number of carbonyl (C=O) groups excluding carboxylic acids is 1. The molecule has 0 radical (unpaired) electrons. The number of aromatic amines is 1. The Hall–Kier alpha value is -0.720. The molecule has 2 atom stereocenters. The largest absolute Gasteiger partial charge is 0.376 e. The third-order valence-corrected chi connectivity index (χ3v) is 4.30. The van der Waals surface area contributed by atoms with Crippen molar-refractivity contribution in [2.45, 2.75) is 38.8 Å². The number of thiazole rings is 1. The van der Waals surface area contributed by atoms with E-state index in [1.807, 2.05) is 13.8 Å². The summed E-state index contributed by atoms with van der Waals surface area (Å²) in [7, 11) is 0. The van der Waals surface area contributed by atoms with Crippen molar-refractivity contribution >= 4 is 29.5 Å². The highest BCUT2D eigenvalue weighted by molar-refractivity contribution is 7.73. The number of rotatable bonds is 3. The predicted octanol–water partition coefficient (Wildman–Crippen LogP) is 1.95. The molecule has 0 bridgehead atoms. The molecule has 0 aromatic carbocycles. The van der Waals surface area contributed by atoms with Gasteiger partial charge >= 0.3 is 0 Å². The van der Waals surface area contributed by atoms with E-state index in [9.17, 15) is 4.79 Å². The van der Waals surface area contributed by atoms with E-state index < -0.39 is 0 Å². The maximum Gasteiger partial charge on any atom is 0.225 e. The maximum absolute atomic E-state index is 11.9. The predicted molar refractivity (Wildman–Crippen MR) is 69.9 cm³/mol. The van der Waals surface area contributed by atoms with Crippen molar-refractivity contribution in [2.75, 3.05) is 6.61 Å². The Labute approximate surface area is 109 Å². The Balaban J connectivity index is 1.93. The molecular weight excluding hydrogens is 256 g/mol. The van der Waals surface area contributed by atoms with Gasteiger partial charge in [-0.3, -0.25) is 4.79 Å². The lowest BCUT2D eigenvalue weighted by Gasteiger charge is -2.15. The van der Waals surface area contributed by atoms with Crippen LogP contribution in [0.4, 0.5) is 0 Å². The van der Waals surface area contributed by atoms with Crippen LogP contribution in [-0.4, -0.2) is 29.6 Å². The van der Waals surface area contributed by atoms with Gasteiger partial charge in [-0.15, -0.1) is 11.3 Å². The van der Waals surface area contributed by atoms with E-state index >= 15 is 0 Å². The fraction of sp³-hybridized carbons (Fsp3) is 0.636. The first-order valence-corrected chi connectivity index (χ1v) is 6.88. The first-order valence-electron chi connectivity index (χ1n) is 5.66. The molecule has 2 heterocycles. The normalized spacial score (nSPS) is 23.9. The van der Waals surface area contributed by atoms with Gasteiger partial charge in [-0.25, -0.2) is 0 Å². The summed E-state index contributed by atoms with van der Waals surface area (Å²) in [5.74, 6) is 0.0423. The zero-order valence-electron chi connectivity index (χ0n) is 9.91. The number of nitrogens with one attached hydrogen (secondary N) is 2. The van der Waals surface area contributed by atoms with Crippen molar-refractivity contribution in [3.8, 4) is 0 Å². The van der Waals surface area contributed by atoms with Gasteiger partial charge in [-0.05, 0) is 32.5 Å². The van der Waals surface area contributed by atoms with Crippen molar-refractivity contribution in [1.29, 1.82) is 0 Å². The molecular formula is C11H16N2O2S2. The van der Waals surface area contributed by atoms with Crippen LogP contribution >= 0.6 is 23.6 Å². The highest BCUT2D eigenvalue weighted by Gasteiger charge is 2.25. The second-order valence-electron chi connectivity index (χ2n) is 4.28. The quantitative estimate of drug-likeness (QED) is 0.827. The summed E-state index contributed by atoms with van der Waals surface area (Å²) in [5.41, 5.74) is 0.992. The fourth-order valence-corrected chi connectivity index (χ4v) is 3.22. The number of amides is 1. The average molecular weight is 272 g/mol. The van der Waals surface area contributed by atoms with Gasteiger partial charge in [0.25, 0.3) is 0 Å². The van der Waals surface area contributed by atoms with Crippen molar-refractivity contribution in [2.24, 2.45) is 0 Å². The van der Waals surface area contributed by atoms with Crippen LogP contribution in [0, 0.1) is 10.9 Å². The van der Waals surface area contributed by atoms with E-state index in [1.165, 1.54) is 11.3 Å². The number of hydrogen-bond acceptors (Lipinski definition) is 4. The number of ether oxygens (including phenoxy) is 1. The minimum atomic E-state index is 0.0423. The van der Waals surface area contributed by atoms with Crippen LogP contribution in [0.3, 0.4) is 0 Å². The SMILES string of the molecule is Cc1[nH]c(=S)sc1CC(=O)NC1CCOC1C. The van der Waals surface area contributed by atoms with Crippen LogP contribution in [0.25, 0.3) is 0 Å². The van der Waals surface area contributed by atoms with Gasteiger partial charge in [-0.1, -0.05) is 0 Å². The minimum absolute atomic E-state index is 0.0423. The molecule has 1 amide bonds. The first kappa shape index (κ1) is 12.7. The molecule has 1 saturated heterocycles. The van der Waals surface area contributed by atoms with E-state index in [-0.39, 0.29) is 18.1 Å². The summed E-state index contributed by atoms with van der Waals surface area (Å²) >= 11 is 6.52. The number of aryl methyl sites for hydroxylation is 1. The van der Waals surface area contributed by atoms with Crippen LogP contribution in [0.5, 0.6) is 0 Å². The van der Waals surface area contributed by atoms with Crippen molar-refractivity contribution in [1.82, 2.24) is 10.3 Å². The molecule has 2 unspecified atom stereocenters. The lowest BCUT2D eigenvalue weighted by Crippen LogP contribution is -2.39. The summed E-state index contributed by atoms with van der Waals surface area (Å²) in [6.07, 6.45) is 1.41. The highest BCUT2D eigenvalue weighted by atomic mass is 32.1. The molecule has 1 aromatic heterocycles. The molecule has 0 aliphatic carbocycles. The molecule has 1 aliphatic rings. The monoisotopic (exact) mass is 272 g/mol. The summed E-state index contributed by atoms with van der Waals surface area (Å²) in [4.78, 5) is 15.9. The van der Waals surface area contributed by atoms with Gasteiger partial charge < -0.3 is 15.0 Å². The topological polar surface area (TPSA) is 54.1 Å². The van der Waals surface area contributed by atoms with Crippen LogP contribution < -0.4 is 5.32 Å². The maximum atomic E-state index is 11.9. The molecule has 1 aliphatic heterocycles. The summed E-state index contributed by atoms with van der Waals surface area (Å²) in [6.45, 7) is 4.66. The van der Waals surface area contributed by atoms with Crippen molar-refractivity contribution in [3.05, 3.63) is 14.5 Å². The third kappa shape index (κ3) is 3.14. The summed E-state index contributed by atoms with van der Waals surface area (Å²) in [6, 6.07) is 0.148. The van der Waals surface area contributed by atoms with Gasteiger partial charge in [0.1, 0.15) is 0 Å². The fourth-order valence-electron chi connectivity index (χ4n) is 1.93. The zero-order chi connectivity index (χ0) is 12.4.